The van der Waals surface area contributed by atoms with Gasteiger partial charge in [-0.3, -0.25) is 14.5 Å². The fraction of sp³-hybridized carbons (Fsp3) is 0.244. The third-order valence-electron chi connectivity index (χ3n) is 10.5. The van der Waals surface area contributed by atoms with Crippen molar-refractivity contribution in [2.45, 2.75) is 62.8 Å². The normalized spacial score (nSPS) is 20.3. The van der Waals surface area contributed by atoms with Crippen LogP contribution in [0.4, 0.5) is 4.79 Å². The van der Waals surface area contributed by atoms with Crippen molar-refractivity contribution in [1.82, 2.24) is 30.4 Å². The molecule has 3 N–H and O–H groups in total. The van der Waals surface area contributed by atoms with E-state index in [-0.39, 0.29) is 56.0 Å². The maximum atomic E-state index is 13.3. The fourth-order valence-corrected chi connectivity index (χ4v) is 8.31. The number of aliphatic hydroxyl groups excluding tert-OH is 1. The number of likely N-dealkylation sites (tertiary alicyclic amines) is 1. The van der Waals surface area contributed by atoms with Crippen LogP contribution in [0.25, 0.3) is 16.8 Å². The van der Waals surface area contributed by atoms with Crippen LogP contribution in [0.3, 0.4) is 0 Å². The average Bonchev–Trinajstić information content (AvgIpc) is 3.86. The monoisotopic (exact) mass is 826 g/mol. The number of aromatic nitrogens is 4. The molecule has 6 aromatic rings. The molecule has 1 aromatic heterocycles. The zero-order chi connectivity index (χ0) is 41.6. The maximum Gasteiger partial charge on any atom is 0.408 e. The number of aromatic hydroxyl groups is 1. The molecule has 60 heavy (non-hydrogen) atoms. The molecule has 306 valence electrons. The van der Waals surface area contributed by atoms with Gasteiger partial charge in [0, 0.05) is 17.2 Å². The number of amides is 3. The van der Waals surface area contributed by atoms with Crippen molar-refractivity contribution >= 4 is 29.7 Å². The van der Waals surface area contributed by atoms with Crippen molar-refractivity contribution in [1.29, 1.82) is 0 Å². The second kappa shape index (κ2) is 18.3. The predicted molar refractivity (Wildman–Crippen MR) is 220 cm³/mol. The van der Waals surface area contributed by atoms with Crippen LogP contribution < -0.4 is 5.32 Å². The van der Waals surface area contributed by atoms with Crippen molar-refractivity contribution in [3.8, 4) is 22.6 Å². The summed E-state index contributed by atoms with van der Waals surface area (Å²) in [6.07, 6.45) is -2.30. The van der Waals surface area contributed by atoms with E-state index in [2.05, 4.69) is 27.8 Å². The summed E-state index contributed by atoms with van der Waals surface area (Å²) in [6, 6.07) is 38.0. The number of imide groups is 1. The van der Waals surface area contributed by atoms with E-state index in [0.29, 0.717) is 16.6 Å². The highest BCUT2D eigenvalue weighted by Gasteiger charge is 2.40. The van der Waals surface area contributed by atoms with Crippen molar-refractivity contribution in [2.24, 2.45) is 5.92 Å². The zero-order valence-corrected chi connectivity index (χ0v) is 33.4. The Morgan fingerprint density at radius 1 is 0.850 bits per heavy atom. The third kappa shape index (κ3) is 9.24. The number of aliphatic hydroxyl groups is 1. The maximum absolute atomic E-state index is 13.3. The van der Waals surface area contributed by atoms with Crippen LogP contribution in [-0.2, 0) is 43.6 Å². The van der Waals surface area contributed by atoms with Crippen molar-refractivity contribution in [3.05, 3.63) is 155 Å². The van der Waals surface area contributed by atoms with Gasteiger partial charge in [-0.1, -0.05) is 110 Å². The number of phenols is 1. The van der Waals surface area contributed by atoms with E-state index in [1.54, 1.807) is 28.9 Å². The number of carbonyl (C=O) groups is 3. The minimum atomic E-state index is -1.01. The van der Waals surface area contributed by atoms with Gasteiger partial charge < -0.3 is 29.7 Å². The molecule has 2 fully saturated rings. The van der Waals surface area contributed by atoms with Crippen LogP contribution in [0.2, 0.25) is 0 Å². The molecule has 0 radical (unpaired) electrons. The summed E-state index contributed by atoms with van der Waals surface area (Å²) in [7, 11) is 0. The van der Waals surface area contributed by atoms with E-state index in [4.69, 9.17) is 14.2 Å². The number of rotatable bonds is 13. The summed E-state index contributed by atoms with van der Waals surface area (Å²) in [5, 5.41) is 34.9. The predicted octanol–water partition coefficient (Wildman–Crippen LogP) is 6.66. The summed E-state index contributed by atoms with van der Waals surface area (Å²) in [4.78, 5) is 39.9. The number of phenolic OH excluding ortho intramolecular Hbond substituents is 1. The van der Waals surface area contributed by atoms with Gasteiger partial charge in [-0.05, 0) is 80.2 Å². The number of carbonyl (C=O) groups excluding carboxylic acids is 3. The Morgan fingerprint density at radius 2 is 1.58 bits per heavy atom. The molecule has 14 nitrogen and oxygen atoms in total. The molecule has 5 aromatic carbocycles. The lowest BCUT2D eigenvalue weighted by Gasteiger charge is -2.41. The minimum absolute atomic E-state index is 0.0430. The first kappa shape index (κ1) is 40.4. The van der Waals surface area contributed by atoms with Gasteiger partial charge in [0.15, 0.2) is 6.29 Å². The average molecular weight is 827 g/mol. The summed E-state index contributed by atoms with van der Waals surface area (Å²) in [5.74, 6) is -0.311. The minimum Gasteiger partial charge on any atom is -0.508 e. The van der Waals surface area contributed by atoms with Gasteiger partial charge in [0.2, 0.25) is 11.1 Å². The highest BCUT2D eigenvalue weighted by molar-refractivity contribution is 7.99. The molecule has 2 aliphatic rings. The summed E-state index contributed by atoms with van der Waals surface area (Å²) in [6.45, 7) is 2.11. The Labute approximate surface area is 350 Å². The molecule has 8 rings (SSSR count). The SMILES string of the molecule is C[C@H]1[C@@H](CSc2nnnn2-c2ccc(O)cc2)O[C@@H](c2cccc(-c3cccc(CN4C(=O)CC(NC(=O)OCc5ccccc5)C4=O)c3)c2)O[C@H]1c1ccc(CO)cc1. The Balaban J connectivity index is 0.974. The van der Waals surface area contributed by atoms with Crippen molar-refractivity contribution < 1.29 is 38.8 Å². The topological polar surface area (TPSA) is 178 Å². The summed E-state index contributed by atoms with van der Waals surface area (Å²) in [5.41, 5.74) is 6.54. The molecule has 5 atom stereocenters. The molecule has 1 unspecified atom stereocenters. The molecular weight excluding hydrogens is 785 g/mol. The smallest absolute Gasteiger partial charge is 0.408 e. The Morgan fingerprint density at radius 3 is 2.35 bits per heavy atom. The van der Waals surface area contributed by atoms with E-state index in [1.807, 2.05) is 103 Å². The lowest BCUT2D eigenvalue weighted by atomic mass is 9.91. The number of thioether (sulfide) groups is 1. The molecule has 15 heteroatoms. The largest absolute Gasteiger partial charge is 0.508 e. The molecular formula is C45H42N6O8S. The molecule has 3 heterocycles. The van der Waals surface area contributed by atoms with Gasteiger partial charge in [-0.15, -0.1) is 5.10 Å². The quantitative estimate of drug-likeness (QED) is 0.0834. The van der Waals surface area contributed by atoms with Gasteiger partial charge in [-0.25, -0.2) is 4.79 Å². The number of ether oxygens (including phenoxy) is 3. The Kier molecular flexibility index (Phi) is 12.3. The second-order valence-electron chi connectivity index (χ2n) is 14.6. The zero-order valence-electron chi connectivity index (χ0n) is 32.5. The number of alkyl carbamates (subject to hydrolysis) is 1. The number of hydrogen-bond acceptors (Lipinski definition) is 12. The first-order chi connectivity index (χ1) is 29.2. The molecule has 3 amide bonds. The van der Waals surface area contributed by atoms with E-state index in [9.17, 15) is 24.6 Å². The second-order valence-corrected chi connectivity index (χ2v) is 15.6. The number of benzene rings is 5. The van der Waals surface area contributed by atoms with Gasteiger partial charge >= 0.3 is 6.09 Å². The standard InChI is InChI=1S/C45H42N6O8S/c1-28-39(27-60-44-47-48-49-51(44)36-17-19-37(53)20-18-36)58-43(59-41(28)32-15-13-29(25-52)14-16-32)35-12-6-11-34(22-35)33-10-5-9-31(21-33)24-50-40(54)23-38(42(50)55)46-45(56)57-26-30-7-3-2-4-8-30/h2-22,28,38-39,41,43,52-53H,23-27H2,1H3,(H,46,56)/t28-,38?,39+,41+,43+/m0/s1. The van der Waals surface area contributed by atoms with Gasteiger partial charge in [0.25, 0.3) is 5.91 Å². The number of nitrogens with zero attached hydrogens (tertiary/aromatic N) is 5. The van der Waals surface area contributed by atoms with Gasteiger partial charge in [0.1, 0.15) is 18.4 Å². The fourth-order valence-electron chi connectivity index (χ4n) is 7.26. The van der Waals surface area contributed by atoms with Crippen LogP contribution >= 0.6 is 11.8 Å². The van der Waals surface area contributed by atoms with E-state index in [1.165, 1.54) is 11.8 Å². The van der Waals surface area contributed by atoms with Crippen LogP contribution in [0, 0.1) is 5.92 Å². The Bertz CT molecular complexity index is 2450. The van der Waals surface area contributed by atoms with Crippen LogP contribution in [0.1, 0.15) is 53.6 Å². The van der Waals surface area contributed by atoms with Crippen LogP contribution in [-0.4, -0.2) is 71.1 Å². The Hall–Kier alpha value is -6.39. The highest BCUT2D eigenvalue weighted by atomic mass is 32.2. The number of tetrazole rings is 1. The molecule has 0 spiro atoms. The van der Waals surface area contributed by atoms with Crippen molar-refractivity contribution in [3.63, 3.8) is 0 Å². The summed E-state index contributed by atoms with van der Waals surface area (Å²) < 4.78 is 20.3. The van der Waals surface area contributed by atoms with Crippen molar-refractivity contribution in [2.75, 3.05) is 5.75 Å². The molecule has 0 bridgehead atoms. The highest BCUT2D eigenvalue weighted by Crippen LogP contribution is 2.43. The molecule has 0 saturated carbocycles. The number of nitrogens with one attached hydrogen (secondary N) is 1. The molecule has 2 saturated heterocycles. The van der Waals surface area contributed by atoms with E-state index >= 15 is 0 Å². The number of hydrogen-bond donors (Lipinski definition) is 3. The lowest BCUT2D eigenvalue weighted by Crippen LogP contribution is -2.41. The van der Waals surface area contributed by atoms with Gasteiger partial charge in [0.05, 0.1) is 37.5 Å². The molecule has 0 aliphatic carbocycles. The van der Waals surface area contributed by atoms with E-state index < -0.39 is 24.3 Å². The summed E-state index contributed by atoms with van der Waals surface area (Å²) >= 11 is 1.45. The van der Waals surface area contributed by atoms with Gasteiger partial charge in [-0.2, -0.15) is 4.68 Å². The first-order valence-electron chi connectivity index (χ1n) is 19.4. The first-order valence-corrected chi connectivity index (χ1v) is 20.4. The lowest BCUT2D eigenvalue weighted by molar-refractivity contribution is -0.268. The van der Waals surface area contributed by atoms with E-state index in [0.717, 1.165) is 43.8 Å². The van der Waals surface area contributed by atoms with Crippen LogP contribution in [0.5, 0.6) is 5.75 Å². The molecule has 2 aliphatic heterocycles. The third-order valence-corrected chi connectivity index (χ3v) is 11.6. The van der Waals surface area contributed by atoms with Crippen LogP contribution in [0.15, 0.2) is 133 Å².